The van der Waals surface area contributed by atoms with E-state index in [0.717, 1.165) is 5.56 Å². The number of nitrogens with zero attached hydrogens (tertiary/aromatic N) is 1. The standard InChI is InChI=1S/C20H21ClN2O5/c1-20(2,3)13-6-4-12(5-7-13)19(26)22-17(11-18(24)25)15-10-14(23(27)28)8-9-16(15)21/h4-10,17H,11H2,1-3H3,(H,22,26)(H,24,25)/t17-/m1/s1. The van der Waals surface area contributed by atoms with Crippen LogP contribution in [0.3, 0.4) is 0 Å². The molecule has 8 heteroatoms. The molecule has 148 valence electrons. The van der Waals surface area contributed by atoms with Gasteiger partial charge in [0.25, 0.3) is 11.6 Å². The molecule has 0 saturated heterocycles. The highest BCUT2D eigenvalue weighted by Gasteiger charge is 2.24. The van der Waals surface area contributed by atoms with Gasteiger partial charge in [0.1, 0.15) is 0 Å². The Morgan fingerprint density at radius 2 is 1.79 bits per heavy atom. The van der Waals surface area contributed by atoms with Crippen LogP contribution in [-0.4, -0.2) is 21.9 Å². The summed E-state index contributed by atoms with van der Waals surface area (Å²) >= 11 is 6.11. The van der Waals surface area contributed by atoms with Gasteiger partial charge in [0.05, 0.1) is 17.4 Å². The lowest BCUT2D eigenvalue weighted by Crippen LogP contribution is -2.30. The molecule has 0 spiro atoms. The number of aliphatic carboxylic acids is 1. The zero-order valence-electron chi connectivity index (χ0n) is 15.7. The van der Waals surface area contributed by atoms with Gasteiger partial charge in [-0.1, -0.05) is 44.5 Å². The fourth-order valence-electron chi connectivity index (χ4n) is 2.69. The number of hydrogen-bond donors (Lipinski definition) is 2. The lowest BCUT2D eigenvalue weighted by Gasteiger charge is -2.20. The van der Waals surface area contributed by atoms with Crippen molar-refractivity contribution in [3.63, 3.8) is 0 Å². The van der Waals surface area contributed by atoms with Crippen LogP contribution in [0.5, 0.6) is 0 Å². The number of carboxylic acids is 1. The number of nitro benzene ring substituents is 1. The Balaban J connectivity index is 2.32. The summed E-state index contributed by atoms with van der Waals surface area (Å²) in [6.45, 7) is 6.15. The van der Waals surface area contributed by atoms with Crippen molar-refractivity contribution in [3.8, 4) is 0 Å². The zero-order chi connectivity index (χ0) is 21.1. The zero-order valence-corrected chi connectivity index (χ0v) is 16.5. The number of carboxylic acid groups (broad SMARTS) is 1. The van der Waals surface area contributed by atoms with Crippen LogP contribution in [0.25, 0.3) is 0 Å². The van der Waals surface area contributed by atoms with Crippen molar-refractivity contribution in [1.29, 1.82) is 0 Å². The summed E-state index contributed by atoms with van der Waals surface area (Å²) in [5.74, 6) is -1.66. The molecule has 28 heavy (non-hydrogen) atoms. The SMILES string of the molecule is CC(C)(C)c1ccc(C(=O)N[C@H](CC(=O)O)c2cc([N+](=O)[O-])ccc2Cl)cc1. The molecule has 0 aliphatic carbocycles. The summed E-state index contributed by atoms with van der Waals surface area (Å²) in [5, 5.41) is 23.0. The van der Waals surface area contributed by atoms with E-state index < -0.39 is 29.3 Å². The van der Waals surface area contributed by atoms with Crippen LogP contribution in [0.2, 0.25) is 5.02 Å². The summed E-state index contributed by atoms with van der Waals surface area (Å²) in [6.07, 6.45) is -0.466. The topological polar surface area (TPSA) is 110 Å². The van der Waals surface area contributed by atoms with Gasteiger partial charge in [0.2, 0.25) is 0 Å². The molecule has 0 bridgehead atoms. The number of nitro groups is 1. The van der Waals surface area contributed by atoms with Gasteiger partial charge in [-0.25, -0.2) is 0 Å². The van der Waals surface area contributed by atoms with Gasteiger partial charge < -0.3 is 10.4 Å². The molecule has 2 aromatic carbocycles. The lowest BCUT2D eigenvalue weighted by atomic mass is 9.86. The fourth-order valence-corrected chi connectivity index (χ4v) is 2.94. The van der Waals surface area contributed by atoms with Crippen molar-refractivity contribution in [2.45, 2.75) is 38.6 Å². The Kier molecular flexibility index (Phi) is 6.41. The number of rotatable bonds is 6. The molecule has 0 heterocycles. The first-order chi connectivity index (χ1) is 13.0. The first kappa shape index (κ1) is 21.4. The molecule has 0 aromatic heterocycles. The van der Waals surface area contributed by atoms with E-state index in [1.165, 1.54) is 18.2 Å². The van der Waals surface area contributed by atoms with E-state index in [4.69, 9.17) is 11.6 Å². The van der Waals surface area contributed by atoms with Crippen LogP contribution >= 0.6 is 11.6 Å². The molecule has 1 amide bonds. The van der Waals surface area contributed by atoms with E-state index in [-0.39, 0.29) is 21.7 Å². The molecule has 0 aliphatic heterocycles. The molecule has 0 unspecified atom stereocenters. The minimum atomic E-state index is -1.17. The Morgan fingerprint density at radius 1 is 1.18 bits per heavy atom. The van der Waals surface area contributed by atoms with Gasteiger partial charge in [-0.15, -0.1) is 0 Å². The van der Waals surface area contributed by atoms with E-state index >= 15 is 0 Å². The van der Waals surface area contributed by atoms with Crippen LogP contribution < -0.4 is 5.32 Å². The minimum absolute atomic E-state index is 0.0721. The predicted molar refractivity (Wildman–Crippen MR) is 106 cm³/mol. The second-order valence-corrected chi connectivity index (χ2v) is 7.82. The van der Waals surface area contributed by atoms with Crippen LogP contribution in [0.1, 0.15) is 54.7 Å². The van der Waals surface area contributed by atoms with Gasteiger partial charge in [-0.3, -0.25) is 19.7 Å². The van der Waals surface area contributed by atoms with Crippen molar-refractivity contribution < 1.29 is 19.6 Å². The van der Waals surface area contributed by atoms with Gasteiger partial charge in [0.15, 0.2) is 0 Å². The molecule has 0 aliphatic rings. The monoisotopic (exact) mass is 404 g/mol. The third-order valence-corrected chi connectivity index (χ3v) is 4.61. The van der Waals surface area contributed by atoms with E-state index in [1.807, 2.05) is 12.1 Å². The maximum atomic E-state index is 12.6. The van der Waals surface area contributed by atoms with Crippen molar-refractivity contribution >= 4 is 29.2 Å². The summed E-state index contributed by atoms with van der Waals surface area (Å²) in [7, 11) is 0. The summed E-state index contributed by atoms with van der Waals surface area (Å²) in [6, 6.07) is 9.68. The highest BCUT2D eigenvalue weighted by Crippen LogP contribution is 2.30. The number of benzene rings is 2. The minimum Gasteiger partial charge on any atom is -0.481 e. The molecule has 2 N–H and O–H groups in total. The largest absolute Gasteiger partial charge is 0.481 e. The van der Waals surface area contributed by atoms with Crippen LogP contribution in [0.4, 0.5) is 5.69 Å². The second-order valence-electron chi connectivity index (χ2n) is 7.41. The average molecular weight is 405 g/mol. The van der Waals surface area contributed by atoms with Gasteiger partial charge in [-0.05, 0) is 29.2 Å². The maximum Gasteiger partial charge on any atom is 0.305 e. The Morgan fingerprint density at radius 3 is 2.29 bits per heavy atom. The van der Waals surface area contributed by atoms with Crippen molar-refractivity contribution in [3.05, 3.63) is 74.3 Å². The Hall–Kier alpha value is -2.93. The first-order valence-electron chi connectivity index (χ1n) is 8.56. The Bertz CT molecular complexity index is 904. The van der Waals surface area contributed by atoms with E-state index in [0.29, 0.717) is 5.56 Å². The maximum absolute atomic E-state index is 12.6. The number of nitrogens with one attached hydrogen (secondary N) is 1. The van der Waals surface area contributed by atoms with Crippen LogP contribution in [0.15, 0.2) is 42.5 Å². The molecule has 1 atom stereocenters. The first-order valence-corrected chi connectivity index (χ1v) is 8.94. The van der Waals surface area contributed by atoms with Crippen LogP contribution in [-0.2, 0) is 10.2 Å². The number of non-ortho nitro benzene ring substituents is 1. The summed E-state index contributed by atoms with van der Waals surface area (Å²) in [5.41, 5.74) is 1.27. The van der Waals surface area contributed by atoms with E-state index in [1.54, 1.807) is 12.1 Å². The molecule has 0 radical (unpaired) electrons. The van der Waals surface area contributed by atoms with Crippen molar-refractivity contribution in [2.75, 3.05) is 0 Å². The summed E-state index contributed by atoms with van der Waals surface area (Å²) < 4.78 is 0. The number of amides is 1. The number of halogens is 1. The van der Waals surface area contributed by atoms with Crippen molar-refractivity contribution in [1.82, 2.24) is 5.32 Å². The molecule has 0 saturated carbocycles. The molecule has 7 nitrogen and oxygen atoms in total. The van der Waals surface area contributed by atoms with Crippen molar-refractivity contribution in [2.24, 2.45) is 0 Å². The highest BCUT2D eigenvalue weighted by atomic mass is 35.5. The number of hydrogen-bond acceptors (Lipinski definition) is 4. The molecular formula is C20H21ClN2O5. The third kappa shape index (κ3) is 5.29. The second kappa shape index (κ2) is 8.39. The normalized spacial score (nSPS) is 12.3. The smallest absolute Gasteiger partial charge is 0.305 e. The number of carbonyl (C=O) groups is 2. The lowest BCUT2D eigenvalue weighted by molar-refractivity contribution is -0.384. The quantitative estimate of drug-likeness (QED) is 0.544. The summed E-state index contributed by atoms with van der Waals surface area (Å²) in [4.78, 5) is 34.3. The van der Waals surface area contributed by atoms with Gasteiger partial charge >= 0.3 is 5.97 Å². The fraction of sp³-hybridized carbons (Fsp3) is 0.300. The van der Waals surface area contributed by atoms with E-state index in [2.05, 4.69) is 26.1 Å². The highest BCUT2D eigenvalue weighted by molar-refractivity contribution is 6.31. The average Bonchev–Trinajstić information content (AvgIpc) is 2.60. The predicted octanol–water partition coefficient (Wildman–Crippen LogP) is 4.49. The molecular weight excluding hydrogens is 384 g/mol. The van der Waals surface area contributed by atoms with E-state index in [9.17, 15) is 24.8 Å². The molecule has 0 fully saturated rings. The number of carbonyl (C=O) groups excluding carboxylic acids is 1. The molecule has 2 rings (SSSR count). The third-order valence-electron chi connectivity index (χ3n) is 4.26. The Labute approximate surface area is 167 Å². The van der Waals surface area contributed by atoms with Gasteiger partial charge in [0, 0.05) is 28.3 Å². The molecule has 2 aromatic rings. The van der Waals surface area contributed by atoms with Crippen LogP contribution in [0, 0.1) is 10.1 Å². The van der Waals surface area contributed by atoms with Gasteiger partial charge in [-0.2, -0.15) is 0 Å².